The predicted molar refractivity (Wildman–Crippen MR) is 79.3 cm³/mol. The first-order valence-corrected chi connectivity index (χ1v) is 6.42. The minimum atomic E-state index is 0.0191. The maximum absolute atomic E-state index is 11.6. The molecule has 0 fully saturated rings. The summed E-state index contributed by atoms with van der Waals surface area (Å²) in [6.07, 6.45) is 1.70. The number of rotatable bonds is 5. The van der Waals surface area contributed by atoms with Gasteiger partial charge >= 0.3 is 0 Å². The van der Waals surface area contributed by atoms with Crippen LogP contribution in [0.5, 0.6) is 5.75 Å². The molecule has 0 saturated carbocycles. The van der Waals surface area contributed by atoms with Gasteiger partial charge in [0.2, 0.25) is 0 Å². The molecular formula is C16H18N2O2. The first-order valence-electron chi connectivity index (χ1n) is 6.42. The lowest BCUT2D eigenvalue weighted by Gasteiger charge is -2.20. The molecule has 20 heavy (non-hydrogen) atoms. The fraction of sp³-hybridized carbons (Fsp3) is 0.250. The number of carbonyl (C=O) groups is 1. The summed E-state index contributed by atoms with van der Waals surface area (Å²) in [6, 6.07) is 11.4. The standard InChI is InChI=1S/C16H18N2O2/c1-12(19)15-8-5-9-17-16(15)18(2)11-13-6-4-7-14(10-13)20-3/h4-10H,11H2,1-3H3. The first-order chi connectivity index (χ1) is 9.61. The zero-order valence-electron chi connectivity index (χ0n) is 12.0. The molecule has 4 nitrogen and oxygen atoms in total. The second-order valence-corrected chi connectivity index (χ2v) is 4.64. The van der Waals surface area contributed by atoms with Crippen molar-refractivity contribution in [2.45, 2.75) is 13.5 Å². The Bertz CT molecular complexity index is 611. The third kappa shape index (κ3) is 3.15. The third-order valence-electron chi connectivity index (χ3n) is 3.08. The van der Waals surface area contributed by atoms with E-state index in [1.807, 2.05) is 36.2 Å². The van der Waals surface area contributed by atoms with Gasteiger partial charge in [0.15, 0.2) is 5.78 Å². The maximum atomic E-state index is 11.6. The van der Waals surface area contributed by atoms with Crippen LogP contribution in [0, 0.1) is 0 Å². The van der Waals surface area contributed by atoms with Crippen LogP contribution < -0.4 is 9.64 Å². The molecular weight excluding hydrogens is 252 g/mol. The number of hydrogen-bond donors (Lipinski definition) is 0. The van der Waals surface area contributed by atoms with Crippen LogP contribution in [0.3, 0.4) is 0 Å². The fourth-order valence-corrected chi connectivity index (χ4v) is 2.10. The Labute approximate surface area is 119 Å². The highest BCUT2D eigenvalue weighted by molar-refractivity contribution is 5.98. The lowest BCUT2D eigenvalue weighted by atomic mass is 10.1. The number of hydrogen-bond acceptors (Lipinski definition) is 4. The van der Waals surface area contributed by atoms with Gasteiger partial charge in [0.05, 0.1) is 12.7 Å². The van der Waals surface area contributed by atoms with Crippen molar-refractivity contribution in [1.29, 1.82) is 0 Å². The van der Waals surface area contributed by atoms with E-state index in [0.717, 1.165) is 11.3 Å². The number of aromatic nitrogens is 1. The smallest absolute Gasteiger partial charge is 0.163 e. The summed E-state index contributed by atoms with van der Waals surface area (Å²) in [5.41, 5.74) is 1.74. The highest BCUT2D eigenvalue weighted by atomic mass is 16.5. The van der Waals surface area contributed by atoms with Crippen molar-refractivity contribution in [1.82, 2.24) is 4.98 Å². The molecule has 0 spiro atoms. The average molecular weight is 270 g/mol. The van der Waals surface area contributed by atoms with E-state index < -0.39 is 0 Å². The molecule has 0 aliphatic rings. The number of benzene rings is 1. The van der Waals surface area contributed by atoms with Gasteiger partial charge in [-0.3, -0.25) is 4.79 Å². The summed E-state index contributed by atoms with van der Waals surface area (Å²) in [7, 11) is 3.57. The number of pyridine rings is 1. The molecule has 0 radical (unpaired) electrons. The number of ketones is 1. The minimum Gasteiger partial charge on any atom is -0.497 e. The van der Waals surface area contributed by atoms with Crippen molar-refractivity contribution in [3.05, 3.63) is 53.7 Å². The summed E-state index contributed by atoms with van der Waals surface area (Å²) < 4.78 is 5.22. The van der Waals surface area contributed by atoms with E-state index in [4.69, 9.17) is 4.74 Å². The Kier molecular flexibility index (Phi) is 4.35. The summed E-state index contributed by atoms with van der Waals surface area (Å²) in [5, 5.41) is 0. The molecule has 0 N–H and O–H groups in total. The molecule has 1 heterocycles. The van der Waals surface area contributed by atoms with Gasteiger partial charge in [0.25, 0.3) is 0 Å². The summed E-state index contributed by atoms with van der Waals surface area (Å²) >= 11 is 0. The van der Waals surface area contributed by atoms with Gasteiger partial charge in [-0.1, -0.05) is 12.1 Å². The molecule has 1 aromatic heterocycles. The molecule has 0 aliphatic carbocycles. The topological polar surface area (TPSA) is 42.4 Å². The highest BCUT2D eigenvalue weighted by Crippen LogP contribution is 2.20. The van der Waals surface area contributed by atoms with Gasteiger partial charge in [0, 0.05) is 19.8 Å². The Morgan fingerprint density at radius 2 is 2.10 bits per heavy atom. The predicted octanol–water partition coefficient (Wildman–Crippen LogP) is 2.93. The van der Waals surface area contributed by atoms with Gasteiger partial charge in [0.1, 0.15) is 11.6 Å². The largest absolute Gasteiger partial charge is 0.497 e. The Hall–Kier alpha value is -2.36. The molecule has 0 aliphatic heterocycles. The van der Waals surface area contributed by atoms with Crippen LogP contribution >= 0.6 is 0 Å². The van der Waals surface area contributed by atoms with Crippen LogP contribution in [0.25, 0.3) is 0 Å². The van der Waals surface area contributed by atoms with Crippen LogP contribution in [0.1, 0.15) is 22.8 Å². The van der Waals surface area contributed by atoms with E-state index in [1.54, 1.807) is 32.4 Å². The average Bonchev–Trinajstić information content (AvgIpc) is 2.47. The van der Waals surface area contributed by atoms with Crippen molar-refractivity contribution in [3.8, 4) is 5.75 Å². The molecule has 2 rings (SSSR count). The van der Waals surface area contributed by atoms with Crippen molar-refractivity contribution >= 4 is 11.6 Å². The Morgan fingerprint density at radius 3 is 2.80 bits per heavy atom. The number of nitrogens with zero attached hydrogens (tertiary/aromatic N) is 2. The van der Waals surface area contributed by atoms with E-state index in [0.29, 0.717) is 17.9 Å². The van der Waals surface area contributed by atoms with Gasteiger partial charge < -0.3 is 9.64 Å². The molecule has 0 atom stereocenters. The lowest BCUT2D eigenvalue weighted by molar-refractivity contribution is 0.101. The Morgan fingerprint density at radius 1 is 1.30 bits per heavy atom. The first kappa shape index (κ1) is 14.1. The molecule has 4 heteroatoms. The molecule has 0 unspecified atom stereocenters. The van der Waals surface area contributed by atoms with Crippen molar-refractivity contribution < 1.29 is 9.53 Å². The van der Waals surface area contributed by atoms with Gasteiger partial charge in [-0.15, -0.1) is 0 Å². The maximum Gasteiger partial charge on any atom is 0.163 e. The minimum absolute atomic E-state index is 0.0191. The molecule has 0 saturated heterocycles. The van der Waals surface area contributed by atoms with Crippen LogP contribution in [-0.2, 0) is 6.54 Å². The van der Waals surface area contributed by atoms with Crippen molar-refractivity contribution in [2.75, 3.05) is 19.1 Å². The van der Waals surface area contributed by atoms with E-state index in [-0.39, 0.29) is 5.78 Å². The highest BCUT2D eigenvalue weighted by Gasteiger charge is 2.12. The van der Waals surface area contributed by atoms with E-state index in [9.17, 15) is 4.79 Å². The fourth-order valence-electron chi connectivity index (χ4n) is 2.10. The van der Waals surface area contributed by atoms with E-state index >= 15 is 0 Å². The summed E-state index contributed by atoms with van der Waals surface area (Å²) in [4.78, 5) is 17.9. The van der Waals surface area contributed by atoms with E-state index in [2.05, 4.69) is 4.98 Å². The zero-order valence-corrected chi connectivity index (χ0v) is 12.0. The molecule has 0 amide bonds. The number of methoxy groups -OCH3 is 1. The number of ether oxygens (including phenoxy) is 1. The second-order valence-electron chi connectivity index (χ2n) is 4.64. The number of anilines is 1. The number of carbonyl (C=O) groups excluding carboxylic acids is 1. The van der Waals surface area contributed by atoms with Crippen LogP contribution in [0.15, 0.2) is 42.6 Å². The van der Waals surface area contributed by atoms with Crippen LogP contribution in [0.2, 0.25) is 0 Å². The Balaban J connectivity index is 2.23. The SMILES string of the molecule is COc1cccc(CN(C)c2ncccc2C(C)=O)c1. The molecule has 104 valence electrons. The quantitative estimate of drug-likeness (QED) is 0.783. The third-order valence-corrected chi connectivity index (χ3v) is 3.08. The normalized spacial score (nSPS) is 10.2. The summed E-state index contributed by atoms with van der Waals surface area (Å²) in [5.74, 6) is 1.54. The van der Waals surface area contributed by atoms with Gasteiger partial charge in [-0.25, -0.2) is 4.98 Å². The lowest BCUT2D eigenvalue weighted by Crippen LogP contribution is -2.20. The number of Topliss-reactive ketones (excluding diaryl/α,β-unsaturated/α-hetero) is 1. The zero-order chi connectivity index (χ0) is 14.5. The molecule has 1 aromatic carbocycles. The van der Waals surface area contributed by atoms with Crippen molar-refractivity contribution in [2.24, 2.45) is 0 Å². The molecule has 0 bridgehead atoms. The van der Waals surface area contributed by atoms with Gasteiger partial charge in [-0.2, -0.15) is 0 Å². The summed E-state index contributed by atoms with van der Waals surface area (Å²) in [6.45, 7) is 2.22. The second kappa shape index (κ2) is 6.19. The van der Waals surface area contributed by atoms with Gasteiger partial charge in [-0.05, 0) is 36.8 Å². The van der Waals surface area contributed by atoms with E-state index in [1.165, 1.54) is 0 Å². The monoisotopic (exact) mass is 270 g/mol. The van der Waals surface area contributed by atoms with Crippen molar-refractivity contribution in [3.63, 3.8) is 0 Å². The van der Waals surface area contributed by atoms with Crippen LogP contribution in [0.4, 0.5) is 5.82 Å². The molecule has 2 aromatic rings. The van der Waals surface area contributed by atoms with Crippen LogP contribution in [-0.4, -0.2) is 24.9 Å².